The number of nitrogens with zero attached hydrogens (tertiary/aromatic N) is 1. The molecule has 0 saturated heterocycles. The van der Waals surface area contributed by atoms with Gasteiger partial charge in [-0.25, -0.2) is 0 Å². The Morgan fingerprint density at radius 1 is 1.40 bits per heavy atom. The van der Waals surface area contributed by atoms with Gasteiger partial charge in [0.1, 0.15) is 0 Å². The summed E-state index contributed by atoms with van der Waals surface area (Å²) in [6, 6.07) is 2.95. The molecule has 0 aliphatic rings. The monoisotopic (exact) mass is 220 g/mol. The quantitative estimate of drug-likeness (QED) is 0.843. The number of aryl methyl sites for hydroxylation is 1. The Labute approximate surface area is 84.3 Å². The highest BCUT2D eigenvalue weighted by Crippen LogP contribution is 2.21. The van der Waals surface area contributed by atoms with Crippen LogP contribution in [0.1, 0.15) is 12.8 Å². The van der Waals surface area contributed by atoms with Gasteiger partial charge in [0.05, 0.1) is 5.69 Å². The normalized spacial score (nSPS) is 11.7. The molecule has 0 unspecified atom stereocenters. The van der Waals surface area contributed by atoms with E-state index in [1.165, 1.54) is 22.9 Å². The second kappa shape index (κ2) is 4.37. The number of halogens is 3. The fourth-order valence-corrected chi connectivity index (χ4v) is 1.18. The Balaban J connectivity index is 2.59. The summed E-state index contributed by atoms with van der Waals surface area (Å²) in [7, 11) is 0. The van der Waals surface area contributed by atoms with E-state index in [2.05, 4.69) is 0 Å². The van der Waals surface area contributed by atoms with E-state index < -0.39 is 18.2 Å². The zero-order valence-corrected chi connectivity index (χ0v) is 7.92. The minimum absolute atomic E-state index is 0.0311. The Hall–Kier alpha value is -1.46. The number of hydrogen-bond donors (Lipinski definition) is 1. The van der Waals surface area contributed by atoms with Crippen LogP contribution in [-0.4, -0.2) is 10.7 Å². The molecule has 0 aromatic carbocycles. The molecular weight excluding hydrogens is 209 g/mol. The van der Waals surface area contributed by atoms with Gasteiger partial charge >= 0.3 is 6.18 Å². The average molecular weight is 220 g/mol. The highest BCUT2D eigenvalue weighted by atomic mass is 19.4. The van der Waals surface area contributed by atoms with Crippen LogP contribution >= 0.6 is 0 Å². The second-order valence-electron chi connectivity index (χ2n) is 3.18. The average Bonchev–Trinajstić information content (AvgIpc) is 2.10. The van der Waals surface area contributed by atoms with Crippen molar-refractivity contribution in [3.8, 4) is 0 Å². The number of nitrogens with two attached hydrogens (primary N) is 1. The minimum Gasteiger partial charge on any atom is -0.394 e. The van der Waals surface area contributed by atoms with E-state index in [-0.39, 0.29) is 18.7 Å². The predicted molar refractivity (Wildman–Crippen MR) is 50.4 cm³/mol. The van der Waals surface area contributed by atoms with E-state index in [0.717, 1.165) is 0 Å². The lowest BCUT2D eigenvalue weighted by Gasteiger charge is -2.08. The van der Waals surface area contributed by atoms with Crippen molar-refractivity contribution in [2.45, 2.75) is 25.6 Å². The van der Waals surface area contributed by atoms with Gasteiger partial charge in [-0.3, -0.25) is 4.79 Å². The van der Waals surface area contributed by atoms with Crippen LogP contribution in [0, 0.1) is 0 Å². The Kier molecular flexibility index (Phi) is 3.39. The number of anilines is 1. The Bertz CT molecular complexity index is 384. The summed E-state index contributed by atoms with van der Waals surface area (Å²) in [5, 5.41) is 0. The molecule has 0 fully saturated rings. The van der Waals surface area contributed by atoms with E-state index in [1.54, 1.807) is 0 Å². The first-order chi connectivity index (χ1) is 6.90. The first-order valence-corrected chi connectivity index (χ1v) is 4.42. The van der Waals surface area contributed by atoms with Crippen molar-refractivity contribution < 1.29 is 13.2 Å². The van der Waals surface area contributed by atoms with Gasteiger partial charge in [-0.2, -0.15) is 13.2 Å². The van der Waals surface area contributed by atoms with Crippen LogP contribution in [0.4, 0.5) is 18.9 Å². The fraction of sp³-hybridized carbons (Fsp3) is 0.444. The summed E-state index contributed by atoms with van der Waals surface area (Å²) in [6.45, 7) is 0.0311. The molecule has 0 spiro atoms. The lowest BCUT2D eigenvalue weighted by Crippen LogP contribution is -2.22. The van der Waals surface area contributed by atoms with Crippen LogP contribution < -0.4 is 11.3 Å². The van der Waals surface area contributed by atoms with Crippen LogP contribution in [0.25, 0.3) is 0 Å². The zero-order valence-electron chi connectivity index (χ0n) is 7.92. The molecule has 0 atom stereocenters. The van der Waals surface area contributed by atoms with E-state index in [4.69, 9.17) is 5.73 Å². The Morgan fingerprint density at radius 3 is 2.67 bits per heavy atom. The summed E-state index contributed by atoms with van der Waals surface area (Å²) >= 11 is 0. The Morgan fingerprint density at radius 2 is 2.07 bits per heavy atom. The van der Waals surface area contributed by atoms with Gasteiger partial charge in [0, 0.05) is 19.2 Å². The summed E-state index contributed by atoms with van der Waals surface area (Å²) in [5.74, 6) is 0. The molecule has 1 aromatic heterocycles. The molecule has 1 heterocycles. The molecule has 15 heavy (non-hydrogen) atoms. The third kappa shape index (κ3) is 3.65. The summed E-state index contributed by atoms with van der Waals surface area (Å²) in [5.41, 5.74) is 4.92. The van der Waals surface area contributed by atoms with Crippen molar-refractivity contribution in [1.82, 2.24) is 4.57 Å². The third-order valence-electron chi connectivity index (χ3n) is 1.91. The standard InChI is InChI=1S/C9H11F3N2O/c10-9(11,12)4-2-6-14-5-1-3-7(13)8(14)15/h1,3,5H,2,4,6,13H2. The second-order valence-corrected chi connectivity index (χ2v) is 3.18. The van der Waals surface area contributed by atoms with Crippen LogP contribution in [0.5, 0.6) is 0 Å². The van der Waals surface area contributed by atoms with Gasteiger partial charge in [-0.15, -0.1) is 0 Å². The molecule has 2 N–H and O–H groups in total. The van der Waals surface area contributed by atoms with Gasteiger partial charge in [0.15, 0.2) is 0 Å². The number of rotatable bonds is 3. The van der Waals surface area contributed by atoms with Crippen molar-refractivity contribution >= 4 is 5.69 Å². The number of pyridine rings is 1. The number of alkyl halides is 3. The highest BCUT2D eigenvalue weighted by Gasteiger charge is 2.26. The number of nitrogen functional groups attached to an aromatic ring is 1. The molecule has 1 rings (SSSR count). The summed E-state index contributed by atoms with van der Waals surface area (Å²) in [6.07, 6.45) is -3.76. The predicted octanol–water partition coefficient (Wildman–Crippen LogP) is 1.77. The third-order valence-corrected chi connectivity index (χ3v) is 1.91. The largest absolute Gasteiger partial charge is 0.394 e. The first kappa shape index (κ1) is 11.6. The smallest absolute Gasteiger partial charge is 0.389 e. The van der Waals surface area contributed by atoms with Gasteiger partial charge < -0.3 is 10.3 Å². The van der Waals surface area contributed by atoms with Crippen LogP contribution in [-0.2, 0) is 6.54 Å². The van der Waals surface area contributed by atoms with Gasteiger partial charge in [-0.05, 0) is 18.6 Å². The molecule has 0 bridgehead atoms. The summed E-state index contributed by atoms with van der Waals surface area (Å²) in [4.78, 5) is 11.3. The molecule has 0 aliphatic carbocycles. The fourth-order valence-electron chi connectivity index (χ4n) is 1.18. The molecule has 0 aliphatic heterocycles. The van der Waals surface area contributed by atoms with Gasteiger partial charge in [0.2, 0.25) is 0 Å². The maximum atomic E-state index is 11.8. The SMILES string of the molecule is Nc1cccn(CCCC(F)(F)F)c1=O. The lowest BCUT2D eigenvalue weighted by molar-refractivity contribution is -0.135. The van der Waals surface area contributed by atoms with Crippen molar-refractivity contribution in [2.24, 2.45) is 0 Å². The zero-order chi connectivity index (χ0) is 11.5. The minimum atomic E-state index is -4.18. The maximum Gasteiger partial charge on any atom is 0.389 e. The van der Waals surface area contributed by atoms with E-state index in [1.807, 2.05) is 0 Å². The number of hydrogen-bond acceptors (Lipinski definition) is 2. The molecule has 0 saturated carbocycles. The van der Waals surface area contributed by atoms with Crippen LogP contribution in [0.2, 0.25) is 0 Å². The van der Waals surface area contributed by atoms with E-state index in [9.17, 15) is 18.0 Å². The molecule has 6 heteroatoms. The van der Waals surface area contributed by atoms with Crippen molar-refractivity contribution in [2.75, 3.05) is 5.73 Å². The van der Waals surface area contributed by atoms with Crippen molar-refractivity contribution in [1.29, 1.82) is 0 Å². The van der Waals surface area contributed by atoms with Crippen LogP contribution in [0.3, 0.4) is 0 Å². The van der Waals surface area contributed by atoms with Crippen LogP contribution in [0.15, 0.2) is 23.1 Å². The van der Waals surface area contributed by atoms with Gasteiger partial charge in [0.25, 0.3) is 5.56 Å². The molecule has 0 amide bonds. The van der Waals surface area contributed by atoms with E-state index >= 15 is 0 Å². The van der Waals surface area contributed by atoms with Gasteiger partial charge in [-0.1, -0.05) is 0 Å². The maximum absolute atomic E-state index is 11.8. The topological polar surface area (TPSA) is 48.0 Å². The first-order valence-electron chi connectivity index (χ1n) is 4.42. The molecule has 84 valence electrons. The molecule has 1 aromatic rings. The highest BCUT2D eigenvalue weighted by molar-refractivity contribution is 5.33. The summed E-state index contributed by atoms with van der Waals surface area (Å²) < 4.78 is 36.7. The molecule has 0 radical (unpaired) electrons. The molecular formula is C9H11F3N2O. The molecule has 3 nitrogen and oxygen atoms in total. The van der Waals surface area contributed by atoms with Crippen molar-refractivity contribution in [3.63, 3.8) is 0 Å². The van der Waals surface area contributed by atoms with Crippen molar-refractivity contribution in [3.05, 3.63) is 28.7 Å². The lowest BCUT2D eigenvalue weighted by atomic mass is 10.3. The number of aromatic nitrogens is 1. The van der Waals surface area contributed by atoms with E-state index in [0.29, 0.717) is 0 Å².